The molecule has 10 heterocycles. The fraction of sp³-hybridized carbons (Fsp3) is 0.280. The average molecular weight is 853 g/mol. The number of hydrogen-bond donors (Lipinski definition) is 1. The van der Waals surface area contributed by atoms with Crippen molar-refractivity contribution in [3.63, 3.8) is 0 Å². The van der Waals surface area contributed by atoms with Crippen LogP contribution in [0.25, 0.3) is 21.8 Å². The van der Waals surface area contributed by atoms with Crippen molar-refractivity contribution in [2.75, 3.05) is 67.1 Å². The van der Waals surface area contributed by atoms with E-state index < -0.39 is 0 Å². The molecule has 0 spiro atoms. The van der Waals surface area contributed by atoms with Crippen LogP contribution >= 0.6 is 11.6 Å². The molecule has 4 saturated heterocycles. The molecule has 6 aromatic heterocycles. The van der Waals surface area contributed by atoms with Crippen molar-refractivity contribution in [2.45, 2.75) is 36.5 Å². The number of pyridine rings is 4. The SMILES string of the molecule is Clc1nccnc1C1CN(c2ccc3ccccc3n2)C1.c1cncc(C2CCN(c3nccnc3C3CN(c4ccc5ccccc5n4)C3)C2)c1.c1cncc(C2CCNC2)c1. The lowest BCUT2D eigenvalue weighted by Gasteiger charge is -2.40. The highest BCUT2D eigenvalue weighted by Gasteiger charge is 2.36. The summed E-state index contributed by atoms with van der Waals surface area (Å²) in [5.74, 6) is 5.01. The van der Waals surface area contributed by atoms with E-state index in [0.717, 1.165) is 104 Å². The largest absolute Gasteiger partial charge is 0.355 e. The van der Waals surface area contributed by atoms with Gasteiger partial charge in [0.05, 0.1) is 22.4 Å². The summed E-state index contributed by atoms with van der Waals surface area (Å²) in [5.41, 5.74) is 6.76. The maximum Gasteiger partial charge on any atom is 0.150 e. The molecule has 0 radical (unpaired) electrons. The van der Waals surface area contributed by atoms with Gasteiger partial charge in [0.15, 0.2) is 11.0 Å². The lowest BCUT2D eigenvalue weighted by atomic mass is 9.95. The van der Waals surface area contributed by atoms with Gasteiger partial charge in [-0.2, -0.15) is 0 Å². The molecule has 2 aromatic carbocycles. The van der Waals surface area contributed by atoms with Gasteiger partial charge < -0.3 is 20.0 Å². The third-order valence-corrected chi connectivity index (χ3v) is 12.9. The normalized spacial score (nSPS) is 18.6. The monoisotopic (exact) mass is 852 g/mol. The smallest absolute Gasteiger partial charge is 0.150 e. The van der Waals surface area contributed by atoms with E-state index in [1.807, 2.05) is 73.6 Å². The molecule has 316 valence electrons. The van der Waals surface area contributed by atoms with E-state index in [-0.39, 0.29) is 0 Å². The first-order valence-electron chi connectivity index (χ1n) is 21.9. The molecule has 2 atom stereocenters. The number of para-hydroxylation sites is 2. The lowest BCUT2D eigenvalue weighted by Crippen LogP contribution is -2.46. The molecule has 63 heavy (non-hydrogen) atoms. The number of anilines is 3. The lowest BCUT2D eigenvalue weighted by molar-refractivity contribution is 0.507. The molecule has 12 nitrogen and oxygen atoms in total. The standard InChI is InChI=1S/C25H24N6.C16H13ClN4.C9H12N2/c1-2-6-22-18(4-1)7-8-23(29-22)31-16-21(17-31)24-25(28-12-11-27-24)30-13-9-20(15-30)19-5-3-10-26-14-19;17-16-15(18-7-8-19-16)12-9-21(10-12)14-6-5-11-3-1-2-4-13(11)20-14;1-2-8(6-10-4-1)9-3-5-11-7-9/h1-8,10-12,14,20-21H,9,13,15-17H2;1-8,12H,9-10H2;1-2,4,6,9,11H,3,5,7H2. The van der Waals surface area contributed by atoms with Gasteiger partial charge in [0.2, 0.25) is 0 Å². The van der Waals surface area contributed by atoms with E-state index in [1.54, 1.807) is 12.4 Å². The summed E-state index contributed by atoms with van der Waals surface area (Å²) in [6, 6.07) is 33.2. The Balaban J connectivity index is 0.000000126. The van der Waals surface area contributed by atoms with Crippen molar-refractivity contribution < 1.29 is 0 Å². The molecule has 2 unspecified atom stereocenters. The molecule has 0 aliphatic carbocycles. The molecule has 4 aliphatic rings. The number of nitrogens with one attached hydrogen (secondary N) is 1. The number of rotatable bonds is 7. The first kappa shape index (κ1) is 40.4. The van der Waals surface area contributed by atoms with Gasteiger partial charge in [-0.1, -0.05) is 60.1 Å². The minimum Gasteiger partial charge on any atom is -0.355 e. The minimum absolute atomic E-state index is 0.333. The van der Waals surface area contributed by atoms with E-state index in [1.165, 1.54) is 22.9 Å². The Labute approximate surface area is 372 Å². The van der Waals surface area contributed by atoms with Crippen LogP contribution in [0.4, 0.5) is 17.5 Å². The van der Waals surface area contributed by atoms with Gasteiger partial charge in [0, 0.05) is 124 Å². The van der Waals surface area contributed by atoms with Crippen LogP contribution in [0.15, 0.2) is 147 Å². The van der Waals surface area contributed by atoms with Crippen LogP contribution in [0.2, 0.25) is 5.15 Å². The quantitative estimate of drug-likeness (QED) is 0.165. The number of halogens is 1. The highest BCUT2D eigenvalue weighted by molar-refractivity contribution is 6.30. The molecular weight excluding hydrogens is 804 g/mol. The van der Waals surface area contributed by atoms with E-state index in [0.29, 0.717) is 28.8 Å². The topological polar surface area (TPSA) is 125 Å². The van der Waals surface area contributed by atoms with Crippen LogP contribution in [0, 0.1) is 0 Å². The van der Waals surface area contributed by atoms with Crippen molar-refractivity contribution in [1.29, 1.82) is 0 Å². The van der Waals surface area contributed by atoms with Gasteiger partial charge in [-0.15, -0.1) is 0 Å². The van der Waals surface area contributed by atoms with Gasteiger partial charge in [-0.3, -0.25) is 19.9 Å². The molecule has 4 aliphatic heterocycles. The van der Waals surface area contributed by atoms with Gasteiger partial charge in [-0.05, 0) is 85.0 Å². The second-order valence-corrected chi connectivity index (χ2v) is 17.0. The Morgan fingerprint density at radius 1 is 0.492 bits per heavy atom. The highest BCUT2D eigenvalue weighted by Crippen LogP contribution is 2.37. The molecule has 0 bridgehead atoms. The predicted octanol–water partition coefficient (Wildman–Crippen LogP) is 8.46. The molecule has 4 fully saturated rings. The van der Waals surface area contributed by atoms with Crippen LogP contribution in [-0.2, 0) is 0 Å². The van der Waals surface area contributed by atoms with Gasteiger partial charge >= 0.3 is 0 Å². The first-order valence-corrected chi connectivity index (χ1v) is 22.2. The molecule has 13 heteroatoms. The molecule has 8 aromatic rings. The third-order valence-electron chi connectivity index (χ3n) is 12.6. The summed E-state index contributed by atoms with van der Waals surface area (Å²) >= 11 is 6.10. The van der Waals surface area contributed by atoms with E-state index in [9.17, 15) is 0 Å². The average Bonchev–Trinajstić information content (AvgIpc) is 4.05. The summed E-state index contributed by atoms with van der Waals surface area (Å²) in [5, 5.41) is 6.19. The Morgan fingerprint density at radius 3 is 1.63 bits per heavy atom. The molecule has 1 N–H and O–H groups in total. The van der Waals surface area contributed by atoms with Crippen LogP contribution in [0.1, 0.15) is 59.0 Å². The fourth-order valence-corrected chi connectivity index (χ4v) is 9.28. The highest BCUT2D eigenvalue weighted by atomic mass is 35.5. The Kier molecular flexibility index (Phi) is 12.1. The zero-order chi connectivity index (χ0) is 42.4. The summed E-state index contributed by atoms with van der Waals surface area (Å²) in [6.07, 6.45) is 17.0. The van der Waals surface area contributed by atoms with Crippen molar-refractivity contribution >= 4 is 50.9 Å². The van der Waals surface area contributed by atoms with Crippen LogP contribution in [0.3, 0.4) is 0 Å². The van der Waals surface area contributed by atoms with E-state index >= 15 is 0 Å². The Bertz CT molecular complexity index is 2760. The Morgan fingerprint density at radius 2 is 1.05 bits per heavy atom. The van der Waals surface area contributed by atoms with Crippen molar-refractivity contribution in [2.24, 2.45) is 0 Å². The van der Waals surface area contributed by atoms with Gasteiger partial charge in [0.25, 0.3) is 0 Å². The zero-order valence-electron chi connectivity index (χ0n) is 35.0. The van der Waals surface area contributed by atoms with Crippen LogP contribution in [0.5, 0.6) is 0 Å². The van der Waals surface area contributed by atoms with Crippen LogP contribution in [-0.4, -0.2) is 92.2 Å². The van der Waals surface area contributed by atoms with Crippen molar-refractivity contribution in [3.05, 3.63) is 174 Å². The maximum atomic E-state index is 6.10. The zero-order valence-corrected chi connectivity index (χ0v) is 35.8. The summed E-state index contributed by atoms with van der Waals surface area (Å²) in [4.78, 5) is 42.8. The molecular formula is C50H49ClN12. The third kappa shape index (κ3) is 9.14. The van der Waals surface area contributed by atoms with E-state index in [4.69, 9.17) is 31.5 Å². The predicted molar refractivity (Wildman–Crippen MR) is 251 cm³/mol. The molecule has 12 rings (SSSR count). The summed E-state index contributed by atoms with van der Waals surface area (Å²) in [6.45, 7) is 7.86. The molecule has 0 amide bonds. The van der Waals surface area contributed by atoms with Crippen molar-refractivity contribution in [3.8, 4) is 0 Å². The first-order chi connectivity index (χ1) is 31.1. The Hall–Kier alpha value is -6.63. The summed E-state index contributed by atoms with van der Waals surface area (Å²) in [7, 11) is 0. The number of nitrogens with zero attached hydrogens (tertiary/aromatic N) is 11. The number of hydrogen-bond acceptors (Lipinski definition) is 12. The van der Waals surface area contributed by atoms with Crippen LogP contribution < -0.4 is 20.0 Å². The number of benzene rings is 2. The number of fused-ring (bicyclic) bond motifs is 2. The summed E-state index contributed by atoms with van der Waals surface area (Å²) < 4.78 is 0. The second-order valence-electron chi connectivity index (χ2n) is 16.6. The van der Waals surface area contributed by atoms with Gasteiger partial charge in [-0.25, -0.2) is 19.9 Å². The minimum atomic E-state index is 0.333. The van der Waals surface area contributed by atoms with E-state index in [2.05, 4.69) is 101 Å². The fourth-order valence-electron chi connectivity index (χ4n) is 9.02. The second kappa shape index (κ2) is 18.8. The van der Waals surface area contributed by atoms with Crippen molar-refractivity contribution in [1.82, 2.24) is 45.2 Å². The molecule has 0 saturated carbocycles. The van der Waals surface area contributed by atoms with Gasteiger partial charge in [0.1, 0.15) is 11.6 Å². The number of aromatic nitrogens is 8. The maximum absolute atomic E-state index is 6.10.